The molecule has 1 amide bonds. The molecule has 134 valence electrons. The van der Waals surface area contributed by atoms with Gasteiger partial charge in [-0.3, -0.25) is 9.69 Å². The van der Waals surface area contributed by atoms with Gasteiger partial charge in [0, 0.05) is 39.3 Å². The van der Waals surface area contributed by atoms with Gasteiger partial charge in [0.05, 0.1) is 12.7 Å². The standard InChI is InChI=1S/C18H28N2O4/c1-3-23-14-16(21)13-19-9-11-20(12-10-19)18(22)15(2)24-17-7-5-4-6-8-17/h4-8,15-16,21H,3,9-14H2,1-2H3/t15-,16+/m0/s1. The molecule has 1 N–H and O–H groups in total. The van der Waals surface area contributed by atoms with E-state index in [1.807, 2.05) is 42.2 Å². The van der Waals surface area contributed by atoms with Crippen LogP contribution in [-0.2, 0) is 9.53 Å². The summed E-state index contributed by atoms with van der Waals surface area (Å²) >= 11 is 0. The lowest BCUT2D eigenvalue weighted by atomic mass is 10.2. The van der Waals surface area contributed by atoms with Crippen molar-refractivity contribution >= 4 is 5.91 Å². The van der Waals surface area contributed by atoms with Gasteiger partial charge in [0.25, 0.3) is 5.91 Å². The van der Waals surface area contributed by atoms with Crippen molar-refractivity contribution in [1.29, 1.82) is 0 Å². The lowest BCUT2D eigenvalue weighted by molar-refractivity contribution is -0.140. The Morgan fingerprint density at radius 1 is 1.21 bits per heavy atom. The average molecular weight is 336 g/mol. The third-order valence-corrected chi connectivity index (χ3v) is 4.07. The molecular formula is C18H28N2O4. The molecular weight excluding hydrogens is 308 g/mol. The summed E-state index contributed by atoms with van der Waals surface area (Å²) in [6, 6.07) is 9.39. The van der Waals surface area contributed by atoms with Crippen LogP contribution in [0.25, 0.3) is 0 Å². The molecule has 1 aliphatic rings. The van der Waals surface area contributed by atoms with E-state index in [0.717, 1.165) is 13.1 Å². The van der Waals surface area contributed by atoms with E-state index >= 15 is 0 Å². The zero-order valence-corrected chi connectivity index (χ0v) is 14.6. The van der Waals surface area contributed by atoms with Crippen LogP contribution >= 0.6 is 0 Å². The highest BCUT2D eigenvalue weighted by Crippen LogP contribution is 2.13. The van der Waals surface area contributed by atoms with Crippen LogP contribution in [0, 0.1) is 0 Å². The molecule has 0 unspecified atom stereocenters. The van der Waals surface area contributed by atoms with Gasteiger partial charge >= 0.3 is 0 Å². The van der Waals surface area contributed by atoms with Crippen LogP contribution < -0.4 is 4.74 Å². The zero-order chi connectivity index (χ0) is 17.4. The summed E-state index contributed by atoms with van der Waals surface area (Å²) in [5, 5.41) is 9.89. The van der Waals surface area contributed by atoms with E-state index in [0.29, 0.717) is 38.6 Å². The van der Waals surface area contributed by atoms with Crippen LogP contribution in [0.4, 0.5) is 0 Å². The first kappa shape index (κ1) is 18.7. The highest BCUT2D eigenvalue weighted by Gasteiger charge is 2.26. The minimum absolute atomic E-state index is 0.00775. The summed E-state index contributed by atoms with van der Waals surface area (Å²) < 4.78 is 10.9. The number of carbonyl (C=O) groups is 1. The lowest BCUT2D eigenvalue weighted by Crippen LogP contribution is -2.53. The third-order valence-electron chi connectivity index (χ3n) is 4.07. The summed E-state index contributed by atoms with van der Waals surface area (Å²) in [6.07, 6.45) is -0.977. The maximum atomic E-state index is 12.5. The molecule has 1 aromatic carbocycles. The van der Waals surface area contributed by atoms with E-state index in [2.05, 4.69) is 4.90 Å². The molecule has 0 aliphatic carbocycles. The molecule has 1 heterocycles. The second kappa shape index (κ2) is 9.61. The van der Waals surface area contributed by atoms with Gasteiger partial charge in [-0.05, 0) is 26.0 Å². The molecule has 0 bridgehead atoms. The molecule has 1 fully saturated rings. The van der Waals surface area contributed by atoms with Gasteiger partial charge in [-0.2, -0.15) is 0 Å². The monoisotopic (exact) mass is 336 g/mol. The first-order valence-corrected chi connectivity index (χ1v) is 8.58. The molecule has 24 heavy (non-hydrogen) atoms. The predicted octanol–water partition coefficient (Wildman–Crippen LogP) is 0.996. The van der Waals surface area contributed by atoms with E-state index in [1.54, 1.807) is 6.92 Å². The largest absolute Gasteiger partial charge is 0.481 e. The number of rotatable bonds is 8. The molecule has 6 heteroatoms. The van der Waals surface area contributed by atoms with Crippen LogP contribution in [0.2, 0.25) is 0 Å². The van der Waals surface area contributed by atoms with Crippen LogP contribution in [0.1, 0.15) is 13.8 Å². The SMILES string of the molecule is CCOC[C@H](O)CN1CCN(C(=O)[C@H](C)Oc2ccccc2)CC1. The number of β-amino-alcohol motifs (C(OH)–C–C–N with tert-alkyl or cyclic N) is 1. The Morgan fingerprint density at radius 3 is 2.50 bits per heavy atom. The topological polar surface area (TPSA) is 62.2 Å². The Labute approximate surface area is 144 Å². The van der Waals surface area contributed by atoms with Crippen molar-refractivity contribution in [3.05, 3.63) is 30.3 Å². The average Bonchev–Trinajstić information content (AvgIpc) is 2.61. The van der Waals surface area contributed by atoms with Crippen molar-refractivity contribution in [2.24, 2.45) is 0 Å². The van der Waals surface area contributed by atoms with Gasteiger partial charge in [0.1, 0.15) is 5.75 Å². The summed E-state index contributed by atoms with van der Waals surface area (Å²) in [6.45, 7) is 8.07. The van der Waals surface area contributed by atoms with Crippen molar-refractivity contribution in [3.8, 4) is 5.75 Å². The maximum Gasteiger partial charge on any atom is 0.263 e. The minimum atomic E-state index is -0.498. The van der Waals surface area contributed by atoms with Gasteiger partial charge < -0.3 is 19.5 Å². The smallest absolute Gasteiger partial charge is 0.263 e. The second-order valence-corrected chi connectivity index (χ2v) is 6.01. The quantitative estimate of drug-likeness (QED) is 0.767. The van der Waals surface area contributed by atoms with Crippen LogP contribution in [-0.4, -0.2) is 79.0 Å². The van der Waals surface area contributed by atoms with E-state index in [9.17, 15) is 9.90 Å². The number of piperazine rings is 1. The summed E-state index contributed by atoms with van der Waals surface area (Å²) in [5.41, 5.74) is 0. The van der Waals surface area contributed by atoms with Crippen molar-refractivity contribution in [3.63, 3.8) is 0 Å². The van der Waals surface area contributed by atoms with E-state index in [-0.39, 0.29) is 5.91 Å². The minimum Gasteiger partial charge on any atom is -0.481 e. The second-order valence-electron chi connectivity index (χ2n) is 6.01. The molecule has 1 aliphatic heterocycles. The maximum absolute atomic E-state index is 12.5. The van der Waals surface area contributed by atoms with Crippen molar-refractivity contribution in [1.82, 2.24) is 9.80 Å². The number of benzene rings is 1. The normalized spacial score (nSPS) is 18.2. The summed E-state index contributed by atoms with van der Waals surface area (Å²) in [5.74, 6) is 0.712. The number of carbonyl (C=O) groups excluding carboxylic acids is 1. The Balaban J connectivity index is 1.74. The van der Waals surface area contributed by atoms with Crippen molar-refractivity contribution < 1.29 is 19.4 Å². The van der Waals surface area contributed by atoms with Crippen molar-refractivity contribution in [2.75, 3.05) is 45.9 Å². The fourth-order valence-electron chi connectivity index (χ4n) is 2.77. The predicted molar refractivity (Wildman–Crippen MR) is 92.1 cm³/mol. The van der Waals surface area contributed by atoms with Gasteiger partial charge in [0.15, 0.2) is 6.10 Å². The van der Waals surface area contributed by atoms with Gasteiger partial charge in [0.2, 0.25) is 0 Å². The van der Waals surface area contributed by atoms with Gasteiger partial charge in [-0.1, -0.05) is 18.2 Å². The number of nitrogens with zero attached hydrogens (tertiary/aromatic N) is 2. The van der Waals surface area contributed by atoms with Gasteiger partial charge in [-0.15, -0.1) is 0 Å². The molecule has 1 aromatic rings. The fraction of sp³-hybridized carbons (Fsp3) is 0.611. The number of aliphatic hydroxyl groups is 1. The van der Waals surface area contributed by atoms with E-state index in [4.69, 9.17) is 9.47 Å². The van der Waals surface area contributed by atoms with E-state index < -0.39 is 12.2 Å². The van der Waals surface area contributed by atoms with Crippen LogP contribution in [0.15, 0.2) is 30.3 Å². The Kier molecular flexibility index (Phi) is 7.49. The first-order valence-electron chi connectivity index (χ1n) is 8.58. The lowest BCUT2D eigenvalue weighted by Gasteiger charge is -2.36. The summed E-state index contributed by atoms with van der Waals surface area (Å²) in [7, 11) is 0. The Hall–Kier alpha value is -1.63. The summed E-state index contributed by atoms with van der Waals surface area (Å²) in [4.78, 5) is 16.5. The number of hydrogen-bond donors (Lipinski definition) is 1. The molecule has 1 saturated heterocycles. The number of aliphatic hydroxyl groups excluding tert-OH is 1. The zero-order valence-electron chi connectivity index (χ0n) is 14.6. The van der Waals surface area contributed by atoms with Crippen LogP contribution in [0.3, 0.4) is 0 Å². The number of ether oxygens (including phenoxy) is 2. The Morgan fingerprint density at radius 2 is 1.88 bits per heavy atom. The molecule has 6 nitrogen and oxygen atoms in total. The molecule has 0 spiro atoms. The molecule has 0 saturated carbocycles. The first-order chi connectivity index (χ1) is 11.6. The molecule has 2 atom stereocenters. The Bertz CT molecular complexity index is 489. The highest BCUT2D eigenvalue weighted by molar-refractivity contribution is 5.81. The fourth-order valence-corrected chi connectivity index (χ4v) is 2.77. The van der Waals surface area contributed by atoms with Crippen molar-refractivity contribution in [2.45, 2.75) is 26.1 Å². The molecule has 2 rings (SSSR count). The number of para-hydroxylation sites is 1. The highest BCUT2D eigenvalue weighted by atomic mass is 16.5. The van der Waals surface area contributed by atoms with Crippen LogP contribution in [0.5, 0.6) is 5.75 Å². The third kappa shape index (κ3) is 5.78. The molecule has 0 aromatic heterocycles. The van der Waals surface area contributed by atoms with Gasteiger partial charge in [-0.25, -0.2) is 0 Å². The number of amides is 1. The van der Waals surface area contributed by atoms with E-state index in [1.165, 1.54) is 0 Å². The number of hydrogen-bond acceptors (Lipinski definition) is 5. The molecule has 0 radical (unpaired) electrons.